The van der Waals surface area contributed by atoms with E-state index in [0.717, 1.165) is 49.6 Å². The Bertz CT molecular complexity index is 1810. The zero-order valence-electron chi connectivity index (χ0n) is 24.8. The van der Waals surface area contributed by atoms with E-state index in [2.05, 4.69) is 66.0 Å². The topological polar surface area (TPSA) is 25.8 Å². The first-order chi connectivity index (χ1) is 20.3. The van der Waals surface area contributed by atoms with Crippen LogP contribution in [0.5, 0.6) is 0 Å². The average Bonchev–Trinajstić information content (AvgIpc) is 3.65. The van der Waals surface area contributed by atoms with Gasteiger partial charge in [-0.05, 0) is 51.8 Å². The number of halogens is 1. The van der Waals surface area contributed by atoms with Gasteiger partial charge in [0.15, 0.2) is 0 Å². The fourth-order valence-electron chi connectivity index (χ4n) is 5.72. The van der Waals surface area contributed by atoms with Crippen LogP contribution >= 0.6 is 11.3 Å². The summed E-state index contributed by atoms with van der Waals surface area (Å²) in [6, 6.07) is 32.4. The molecule has 0 bridgehead atoms. The van der Waals surface area contributed by atoms with E-state index in [1.54, 1.807) is 17.4 Å². The van der Waals surface area contributed by atoms with Crippen LogP contribution in [0.25, 0.3) is 42.7 Å². The Morgan fingerprint density at radius 2 is 1.70 bits per heavy atom. The first kappa shape index (κ1) is 31.4. The molecular formula is C37H35FIrN2SSi-2. The molecule has 0 saturated heterocycles. The second kappa shape index (κ2) is 13.7. The van der Waals surface area contributed by atoms with Crippen LogP contribution in [0.15, 0.2) is 91.3 Å². The minimum absolute atomic E-state index is 0. The first-order valence-corrected chi connectivity index (χ1v) is 19.1. The molecule has 0 amide bonds. The molecule has 1 fully saturated rings. The molecule has 1 aliphatic carbocycles. The summed E-state index contributed by atoms with van der Waals surface area (Å²) >= 11 is 1.61. The van der Waals surface area contributed by atoms with Crippen LogP contribution in [-0.2, 0) is 26.5 Å². The van der Waals surface area contributed by atoms with Crippen molar-refractivity contribution in [2.24, 2.45) is 5.92 Å². The Labute approximate surface area is 272 Å². The fraction of sp³-hybridized carbons (Fsp3) is 0.243. The second-order valence-corrected chi connectivity index (χ2v) is 18.4. The molecule has 7 rings (SSSR count). The van der Waals surface area contributed by atoms with E-state index in [1.165, 1.54) is 42.5 Å². The minimum Gasteiger partial charge on any atom is -0.305 e. The molecule has 2 nitrogen and oxygen atoms in total. The molecule has 1 radical (unpaired) electrons. The third-order valence-electron chi connectivity index (χ3n) is 8.09. The quantitative estimate of drug-likeness (QED) is 0.129. The molecule has 3 aromatic carbocycles. The van der Waals surface area contributed by atoms with Crippen molar-refractivity contribution in [2.45, 2.75) is 51.7 Å². The van der Waals surface area contributed by atoms with Gasteiger partial charge in [-0.1, -0.05) is 80.5 Å². The fourth-order valence-corrected chi connectivity index (χ4v) is 7.84. The standard InChI is InChI=1S/C23H19FNS.C14H16NSi.Ir/c24-19-6-3-7-22-23(19)18-14-17(8-9-21(18)26-22)20-13-16(10-11-25-20)12-15-4-1-2-5-15;1-16(2,3)13-9-10-14(15-11-13)12-7-5-4-6-8-12;/h3,6-7,9-11,13-15H,1-2,4-5,12H2;4-7,9-11H,1-3H3;/q2*-1;. The Morgan fingerprint density at radius 1 is 0.860 bits per heavy atom. The van der Waals surface area contributed by atoms with Crippen molar-refractivity contribution in [3.8, 4) is 22.5 Å². The number of hydrogen-bond acceptors (Lipinski definition) is 3. The van der Waals surface area contributed by atoms with E-state index in [1.807, 2.05) is 54.9 Å². The molecule has 6 heteroatoms. The average molecular weight is 779 g/mol. The summed E-state index contributed by atoms with van der Waals surface area (Å²) in [5, 5.41) is 3.07. The van der Waals surface area contributed by atoms with E-state index >= 15 is 0 Å². The predicted octanol–water partition coefficient (Wildman–Crippen LogP) is 9.88. The van der Waals surface area contributed by atoms with Gasteiger partial charge in [0.05, 0.1) is 8.07 Å². The van der Waals surface area contributed by atoms with Gasteiger partial charge in [-0.2, -0.15) is 11.3 Å². The smallest absolute Gasteiger partial charge is 0.130 e. The number of thiophene rings is 1. The number of nitrogens with zero attached hydrogens (tertiary/aromatic N) is 2. The summed E-state index contributed by atoms with van der Waals surface area (Å²) in [5.74, 6) is 0.653. The molecule has 0 unspecified atom stereocenters. The largest absolute Gasteiger partial charge is 0.305 e. The molecule has 0 spiro atoms. The van der Waals surface area contributed by atoms with E-state index in [-0.39, 0.29) is 25.9 Å². The van der Waals surface area contributed by atoms with Gasteiger partial charge < -0.3 is 9.97 Å². The van der Waals surface area contributed by atoms with Gasteiger partial charge >= 0.3 is 0 Å². The molecule has 221 valence electrons. The number of rotatable bonds is 5. The van der Waals surface area contributed by atoms with Crippen LogP contribution in [0.2, 0.25) is 19.6 Å². The predicted molar refractivity (Wildman–Crippen MR) is 179 cm³/mol. The second-order valence-electron chi connectivity index (χ2n) is 12.2. The van der Waals surface area contributed by atoms with Crippen LogP contribution in [0.1, 0.15) is 31.2 Å². The summed E-state index contributed by atoms with van der Waals surface area (Å²) in [6.07, 6.45) is 10.5. The van der Waals surface area contributed by atoms with Gasteiger partial charge in [-0.25, -0.2) is 4.39 Å². The Hall–Kier alpha value is -3.02. The molecule has 1 saturated carbocycles. The van der Waals surface area contributed by atoms with E-state index in [4.69, 9.17) is 0 Å². The van der Waals surface area contributed by atoms with Gasteiger partial charge in [0, 0.05) is 42.6 Å². The van der Waals surface area contributed by atoms with Crippen molar-refractivity contribution >= 4 is 44.8 Å². The maximum atomic E-state index is 14.4. The maximum Gasteiger partial charge on any atom is 0.130 e. The van der Waals surface area contributed by atoms with Crippen molar-refractivity contribution in [3.05, 3.63) is 115 Å². The maximum absolute atomic E-state index is 14.4. The first-order valence-electron chi connectivity index (χ1n) is 14.8. The normalized spacial score (nSPS) is 13.5. The van der Waals surface area contributed by atoms with Crippen molar-refractivity contribution < 1.29 is 24.5 Å². The Balaban J connectivity index is 0.000000188. The third-order valence-corrected chi connectivity index (χ3v) is 11.2. The Morgan fingerprint density at radius 3 is 2.42 bits per heavy atom. The SMILES string of the molecule is C[Si](C)(C)c1ccc(-c2[c-]cccc2)nc1.Fc1cccc2sc3c[c-]c(-c4cc(CC5CCCC5)ccn4)cc3c12.[Ir]. The van der Waals surface area contributed by atoms with E-state index < -0.39 is 8.07 Å². The summed E-state index contributed by atoms with van der Waals surface area (Å²) in [5.41, 5.74) is 5.27. The molecular weight excluding hydrogens is 744 g/mol. The summed E-state index contributed by atoms with van der Waals surface area (Å²) in [6.45, 7) is 7.00. The number of benzene rings is 3. The van der Waals surface area contributed by atoms with Gasteiger partial charge in [0.25, 0.3) is 0 Å². The molecule has 3 heterocycles. The van der Waals surface area contributed by atoms with Gasteiger partial charge in [-0.15, -0.1) is 59.7 Å². The molecule has 1 aliphatic rings. The van der Waals surface area contributed by atoms with Crippen molar-refractivity contribution in [2.75, 3.05) is 0 Å². The summed E-state index contributed by atoms with van der Waals surface area (Å²) < 4.78 is 16.4. The van der Waals surface area contributed by atoms with Crippen LogP contribution in [0.4, 0.5) is 4.39 Å². The number of hydrogen-bond donors (Lipinski definition) is 0. The monoisotopic (exact) mass is 779 g/mol. The van der Waals surface area contributed by atoms with E-state index in [0.29, 0.717) is 5.39 Å². The van der Waals surface area contributed by atoms with Crippen molar-refractivity contribution in [1.29, 1.82) is 0 Å². The summed E-state index contributed by atoms with van der Waals surface area (Å²) in [4.78, 5) is 9.08. The van der Waals surface area contributed by atoms with Crippen LogP contribution in [-0.4, -0.2) is 18.0 Å². The zero-order chi connectivity index (χ0) is 29.1. The van der Waals surface area contributed by atoms with Crippen LogP contribution < -0.4 is 5.19 Å². The van der Waals surface area contributed by atoms with Crippen molar-refractivity contribution in [3.63, 3.8) is 0 Å². The molecule has 43 heavy (non-hydrogen) atoms. The van der Waals surface area contributed by atoms with Gasteiger partial charge in [0.1, 0.15) is 5.82 Å². The van der Waals surface area contributed by atoms with Crippen molar-refractivity contribution in [1.82, 2.24) is 9.97 Å². The Kier molecular flexibility index (Phi) is 10.0. The summed E-state index contributed by atoms with van der Waals surface area (Å²) in [7, 11) is -1.23. The molecule has 6 aromatic rings. The molecule has 3 aromatic heterocycles. The van der Waals surface area contributed by atoms with Crippen LogP contribution in [0.3, 0.4) is 0 Å². The minimum atomic E-state index is -1.23. The number of pyridine rings is 2. The zero-order valence-corrected chi connectivity index (χ0v) is 29.0. The van der Waals surface area contributed by atoms with Gasteiger partial charge in [0.2, 0.25) is 0 Å². The van der Waals surface area contributed by atoms with E-state index in [9.17, 15) is 4.39 Å². The number of aromatic nitrogens is 2. The third kappa shape index (κ3) is 7.38. The molecule has 0 atom stereocenters. The van der Waals surface area contributed by atoms with Gasteiger partial charge in [-0.3, -0.25) is 0 Å². The van der Waals surface area contributed by atoms with Crippen LogP contribution in [0, 0.1) is 23.9 Å². The molecule has 0 aliphatic heterocycles. The molecule has 0 N–H and O–H groups in total. The number of fused-ring (bicyclic) bond motifs is 3.